The third-order valence-corrected chi connectivity index (χ3v) is 4.31. The SMILES string of the molecule is O=C(O)CCCNS(=O)(=O)Cc1c(Cl)cccc1Cl. The Morgan fingerprint density at radius 3 is 2.37 bits per heavy atom. The molecule has 0 atom stereocenters. The number of nitrogens with one attached hydrogen (secondary N) is 1. The van der Waals surface area contributed by atoms with E-state index in [4.69, 9.17) is 28.3 Å². The number of halogens is 2. The monoisotopic (exact) mass is 325 g/mol. The highest BCUT2D eigenvalue weighted by Crippen LogP contribution is 2.25. The molecule has 1 rings (SSSR count). The van der Waals surface area contributed by atoms with Crippen molar-refractivity contribution in [3.63, 3.8) is 0 Å². The molecule has 0 spiro atoms. The lowest BCUT2D eigenvalue weighted by molar-refractivity contribution is -0.137. The van der Waals surface area contributed by atoms with E-state index < -0.39 is 16.0 Å². The van der Waals surface area contributed by atoms with E-state index in [0.717, 1.165) is 0 Å². The van der Waals surface area contributed by atoms with Crippen LogP contribution in [0.4, 0.5) is 0 Å². The minimum atomic E-state index is -3.59. The van der Waals surface area contributed by atoms with Crippen molar-refractivity contribution in [3.05, 3.63) is 33.8 Å². The summed E-state index contributed by atoms with van der Waals surface area (Å²) in [7, 11) is -3.59. The first-order valence-corrected chi connectivity index (χ1v) is 7.84. The molecule has 1 aromatic rings. The number of aliphatic carboxylic acids is 1. The summed E-state index contributed by atoms with van der Waals surface area (Å²) in [4.78, 5) is 10.3. The third kappa shape index (κ3) is 5.78. The summed E-state index contributed by atoms with van der Waals surface area (Å²) in [6.07, 6.45) is 0.139. The van der Waals surface area contributed by atoms with E-state index in [0.29, 0.717) is 5.56 Å². The van der Waals surface area contributed by atoms with E-state index in [2.05, 4.69) is 4.72 Å². The number of carboxylic acids is 1. The zero-order valence-electron chi connectivity index (χ0n) is 9.90. The molecule has 0 saturated carbocycles. The van der Waals surface area contributed by atoms with Gasteiger partial charge in [0.1, 0.15) is 0 Å². The van der Waals surface area contributed by atoms with E-state index >= 15 is 0 Å². The van der Waals surface area contributed by atoms with Crippen molar-refractivity contribution in [3.8, 4) is 0 Å². The standard InChI is InChI=1S/C11H13Cl2NO4S/c12-9-3-1-4-10(13)8(9)7-19(17,18)14-6-2-5-11(15)16/h1,3-4,14H,2,5-7H2,(H,15,16). The highest BCUT2D eigenvalue weighted by atomic mass is 35.5. The van der Waals surface area contributed by atoms with Gasteiger partial charge in [0.15, 0.2) is 0 Å². The average molecular weight is 326 g/mol. The normalized spacial score (nSPS) is 11.5. The Morgan fingerprint density at radius 2 is 1.84 bits per heavy atom. The van der Waals surface area contributed by atoms with E-state index in [-0.39, 0.29) is 35.2 Å². The predicted octanol–water partition coefficient (Wildman–Crippen LogP) is 2.28. The summed E-state index contributed by atoms with van der Waals surface area (Å²) in [5, 5.41) is 9.00. The van der Waals surface area contributed by atoms with Crippen LogP contribution < -0.4 is 4.72 Å². The quantitative estimate of drug-likeness (QED) is 0.753. The molecular formula is C11H13Cl2NO4S. The fourth-order valence-electron chi connectivity index (χ4n) is 1.38. The predicted molar refractivity (Wildman–Crippen MR) is 74.0 cm³/mol. The fourth-order valence-corrected chi connectivity index (χ4v) is 3.32. The molecule has 2 N–H and O–H groups in total. The van der Waals surface area contributed by atoms with Gasteiger partial charge in [0.05, 0.1) is 5.75 Å². The maximum absolute atomic E-state index is 11.8. The van der Waals surface area contributed by atoms with Crippen molar-refractivity contribution >= 4 is 39.2 Å². The summed E-state index contributed by atoms with van der Waals surface area (Å²) in [5.41, 5.74) is 0.330. The maximum atomic E-state index is 11.8. The number of hydrogen-bond acceptors (Lipinski definition) is 3. The Kier molecular flexibility index (Phi) is 6.06. The van der Waals surface area contributed by atoms with Crippen LogP contribution in [-0.2, 0) is 20.6 Å². The molecule has 0 fully saturated rings. The molecule has 0 bridgehead atoms. The summed E-state index contributed by atoms with van der Waals surface area (Å²) < 4.78 is 25.9. The van der Waals surface area contributed by atoms with Crippen LogP contribution in [0.5, 0.6) is 0 Å². The van der Waals surface area contributed by atoms with Gasteiger partial charge in [-0.2, -0.15) is 0 Å². The van der Waals surface area contributed by atoms with Gasteiger partial charge in [-0.05, 0) is 18.6 Å². The molecule has 106 valence electrons. The largest absolute Gasteiger partial charge is 0.481 e. The summed E-state index contributed by atoms with van der Waals surface area (Å²) in [5.74, 6) is -1.30. The van der Waals surface area contributed by atoms with E-state index in [1.807, 2.05) is 0 Å². The summed E-state index contributed by atoms with van der Waals surface area (Å²) >= 11 is 11.8. The van der Waals surface area contributed by atoms with Crippen molar-refractivity contribution in [1.82, 2.24) is 4.72 Å². The molecule has 0 heterocycles. The first kappa shape index (κ1) is 16.2. The Labute approximate surface area is 121 Å². The van der Waals surface area contributed by atoms with Gasteiger partial charge in [0.25, 0.3) is 0 Å². The summed E-state index contributed by atoms with van der Waals surface area (Å²) in [6.45, 7) is 0.0662. The van der Waals surface area contributed by atoms with Gasteiger partial charge < -0.3 is 5.11 Å². The van der Waals surface area contributed by atoms with Crippen LogP contribution in [0.15, 0.2) is 18.2 Å². The van der Waals surface area contributed by atoms with Crippen molar-refractivity contribution < 1.29 is 18.3 Å². The molecule has 8 heteroatoms. The topological polar surface area (TPSA) is 83.5 Å². The number of carboxylic acid groups (broad SMARTS) is 1. The van der Waals surface area contributed by atoms with Crippen LogP contribution in [0.25, 0.3) is 0 Å². The Balaban J connectivity index is 2.62. The number of rotatable bonds is 7. The zero-order chi connectivity index (χ0) is 14.5. The fraction of sp³-hybridized carbons (Fsp3) is 0.364. The van der Waals surface area contributed by atoms with Crippen molar-refractivity contribution in [2.75, 3.05) is 6.54 Å². The van der Waals surface area contributed by atoms with E-state index in [1.165, 1.54) is 0 Å². The molecule has 0 unspecified atom stereocenters. The lowest BCUT2D eigenvalue weighted by atomic mass is 10.2. The second-order valence-electron chi connectivity index (χ2n) is 3.85. The Bertz CT molecular complexity index is 540. The molecule has 0 aliphatic rings. The number of sulfonamides is 1. The van der Waals surface area contributed by atoms with Gasteiger partial charge >= 0.3 is 5.97 Å². The van der Waals surface area contributed by atoms with Crippen molar-refractivity contribution in [2.45, 2.75) is 18.6 Å². The van der Waals surface area contributed by atoms with Gasteiger partial charge in [-0.15, -0.1) is 0 Å². The van der Waals surface area contributed by atoms with Crippen molar-refractivity contribution in [2.24, 2.45) is 0 Å². The first-order chi connectivity index (χ1) is 8.82. The van der Waals surface area contributed by atoms with E-state index in [1.54, 1.807) is 18.2 Å². The van der Waals surface area contributed by atoms with Crippen LogP contribution in [-0.4, -0.2) is 26.0 Å². The highest BCUT2D eigenvalue weighted by molar-refractivity contribution is 7.88. The minimum absolute atomic E-state index is 0.0662. The molecule has 0 aliphatic carbocycles. The number of hydrogen-bond donors (Lipinski definition) is 2. The van der Waals surface area contributed by atoms with E-state index in [9.17, 15) is 13.2 Å². The molecule has 1 aromatic carbocycles. The summed E-state index contributed by atoms with van der Waals surface area (Å²) in [6, 6.07) is 4.74. The van der Waals surface area contributed by atoms with Crippen LogP contribution >= 0.6 is 23.2 Å². The second kappa shape index (κ2) is 7.09. The van der Waals surface area contributed by atoms with Gasteiger partial charge in [-0.1, -0.05) is 29.3 Å². The van der Waals surface area contributed by atoms with Crippen LogP contribution in [0.1, 0.15) is 18.4 Å². The first-order valence-electron chi connectivity index (χ1n) is 5.44. The lowest BCUT2D eigenvalue weighted by Gasteiger charge is -2.09. The molecule has 19 heavy (non-hydrogen) atoms. The molecule has 0 radical (unpaired) electrons. The third-order valence-electron chi connectivity index (χ3n) is 2.29. The van der Waals surface area contributed by atoms with Gasteiger partial charge in [-0.3, -0.25) is 4.79 Å². The second-order valence-corrected chi connectivity index (χ2v) is 6.47. The minimum Gasteiger partial charge on any atom is -0.481 e. The molecule has 0 aliphatic heterocycles. The van der Waals surface area contributed by atoms with Crippen molar-refractivity contribution in [1.29, 1.82) is 0 Å². The van der Waals surface area contributed by atoms with Gasteiger partial charge in [0, 0.05) is 28.6 Å². The molecule has 0 saturated heterocycles. The molecule has 0 amide bonds. The molecular weight excluding hydrogens is 313 g/mol. The Morgan fingerprint density at radius 1 is 1.26 bits per heavy atom. The number of carbonyl (C=O) groups is 1. The Hall–Kier alpha value is -0.820. The molecule has 5 nitrogen and oxygen atoms in total. The zero-order valence-corrected chi connectivity index (χ0v) is 12.2. The van der Waals surface area contributed by atoms with Crippen LogP contribution in [0.3, 0.4) is 0 Å². The lowest BCUT2D eigenvalue weighted by Crippen LogP contribution is -2.26. The van der Waals surface area contributed by atoms with Crippen LogP contribution in [0, 0.1) is 0 Å². The van der Waals surface area contributed by atoms with Gasteiger partial charge in [0.2, 0.25) is 10.0 Å². The van der Waals surface area contributed by atoms with Gasteiger partial charge in [-0.25, -0.2) is 13.1 Å². The smallest absolute Gasteiger partial charge is 0.303 e. The average Bonchev–Trinajstić information content (AvgIpc) is 2.30. The molecule has 0 aromatic heterocycles. The number of benzene rings is 1. The highest BCUT2D eigenvalue weighted by Gasteiger charge is 2.16. The van der Waals surface area contributed by atoms with Crippen LogP contribution in [0.2, 0.25) is 10.0 Å². The maximum Gasteiger partial charge on any atom is 0.303 e.